The van der Waals surface area contributed by atoms with Crippen molar-refractivity contribution in [3.8, 4) is 11.3 Å². The van der Waals surface area contributed by atoms with E-state index in [0.29, 0.717) is 12.2 Å². The molecule has 3 rings (SSSR count). The minimum atomic E-state index is -3.58. The third kappa shape index (κ3) is 3.33. The van der Waals surface area contributed by atoms with E-state index in [2.05, 4.69) is 9.82 Å². The fourth-order valence-corrected chi connectivity index (χ4v) is 3.25. The minimum Gasteiger partial charge on any atom is -0.266 e. The second kappa shape index (κ2) is 6.36. The van der Waals surface area contributed by atoms with Crippen LogP contribution in [0.4, 0.5) is 0 Å². The summed E-state index contributed by atoms with van der Waals surface area (Å²) in [5, 5.41) is 4.49. The molecule has 0 amide bonds. The normalized spacial score (nSPS) is 11.5. The molecule has 0 atom stereocenters. The molecule has 0 aliphatic carbocycles. The van der Waals surface area contributed by atoms with Crippen LogP contribution in [0.2, 0.25) is 0 Å². The van der Waals surface area contributed by atoms with Crippen molar-refractivity contribution in [1.29, 1.82) is 0 Å². The monoisotopic (exact) mass is 327 g/mol. The summed E-state index contributed by atoms with van der Waals surface area (Å²) >= 11 is 0. The number of sulfonamides is 1. The Labute approximate surface area is 135 Å². The standard InChI is InChI=1S/C17H17N3O2S/c1-18-23(21,22)16-13-20(12-14-8-4-2-5-9-14)19-17(16)15-10-6-3-7-11-15/h2-11,13,18H,12H2,1H3. The van der Waals surface area contributed by atoms with Gasteiger partial charge in [-0.25, -0.2) is 13.1 Å². The molecule has 118 valence electrons. The number of hydrogen-bond donors (Lipinski definition) is 1. The van der Waals surface area contributed by atoms with Crippen LogP contribution in [0.1, 0.15) is 5.56 Å². The van der Waals surface area contributed by atoms with Crippen molar-refractivity contribution in [1.82, 2.24) is 14.5 Å². The van der Waals surface area contributed by atoms with Crippen LogP contribution in [-0.2, 0) is 16.6 Å². The van der Waals surface area contributed by atoms with Crippen LogP contribution in [0.25, 0.3) is 11.3 Å². The lowest BCUT2D eigenvalue weighted by Crippen LogP contribution is -2.18. The van der Waals surface area contributed by atoms with Crippen molar-refractivity contribution in [3.63, 3.8) is 0 Å². The summed E-state index contributed by atoms with van der Waals surface area (Å²) < 4.78 is 28.6. The van der Waals surface area contributed by atoms with Crippen LogP contribution >= 0.6 is 0 Å². The maximum Gasteiger partial charge on any atom is 0.244 e. The molecule has 2 aromatic carbocycles. The van der Waals surface area contributed by atoms with Crippen molar-refractivity contribution in [2.45, 2.75) is 11.4 Å². The van der Waals surface area contributed by atoms with Crippen LogP contribution in [0.15, 0.2) is 71.8 Å². The van der Waals surface area contributed by atoms with E-state index in [9.17, 15) is 8.42 Å². The number of nitrogens with one attached hydrogen (secondary N) is 1. The second-order valence-corrected chi connectivity index (χ2v) is 6.95. The summed E-state index contributed by atoms with van der Waals surface area (Å²) in [6, 6.07) is 19.1. The van der Waals surface area contributed by atoms with Gasteiger partial charge in [0, 0.05) is 11.8 Å². The molecule has 0 spiro atoms. The molecule has 0 unspecified atom stereocenters. The van der Waals surface area contributed by atoms with E-state index in [4.69, 9.17) is 0 Å². The lowest BCUT2D eigenvalue weighted by atomic mass is 10.2. The van der Waals surface area contributed by atoms with Gasteiger partial charge < -0.3 is 0 Å². The Hall–Kier alpha value is -2.44. The number of hydrogen-bond acceptors (Lipinski definition) is 3. The first-order valence-electron chi connectivity index (χ1n) is 7.20. The molecule has 0 bridgehead atoms. The van der Waals surface area contributed by atoms with Gasteiger partial charge >= 0.3 is 0 Å². The van der Waals surface area contributed by atoms with Gasteiger partial charge in [-0.3, -0.25) is 4.68 Å². The van der Waals surface area contributed by atoms with Crippen LogP contribution in [0, 0.1) is 0 Å². The Morgan fingerprint density at radius 3 is 2.22 bits per heavy atom. The summed E-state index contributed by atoms with van der Waals surface area (Å²) in [7, 11) is -2.18. The van der Waals surface area contributed by atoms with E-state index in [-0.39, 0.29) is 4.90 Å². The van der Waals surface area contributed by atoms with Gasteiger partial charge in [-0.2, -0.15) is 5.10 Å². The molecule has 0 radical (unpaired) electrons. The maximum atomic E-state index is 12.3. The third-order valence-corrected chi connectivity index (χ3v) is 4.94. The van der Waals surface area contributed by atoms with Gasteiger partial charge in [0.05, 0.1) is 6.54 Å². The summed E-state index contributed by atoms with van der Waals surface area (Å²) in [5.41, 5.74) is 2.28. The zero-order chi connectivity index (χ0) is 16.3. The average Bonchev–Trinajstić information content (AvgIpc) is 3.01. The molecule has 0 aliphatic rings. The lowest BCUT2D eigenvalue weighted by Gasteiger charge is -2.02. The Kier molecular flexibility index (Phi) is 4.27. The van der Waals surface area contributed by atoms with E-state index in [1.165, 1.54) is 7.05 Å². The van der Waals surface area contributed by atoms with Crippen LogP contribution in [-0.4, -0.2) is 25.2 Å². The fourth-order valence-electron chi connectivity index (χ4n) is 2.36. The molecule has 6 heteroatoms. The molecule has 3 aromatic rings. The Bertz CT molecular complexity index is 888. The maximum absolute atomic E-state index is 12.3. The summed E-state index contributed by atoms with van der Waals surface area (Å²) in [6.07, 6.45) is 1.57. The van der Waals surface area contributed by atoms with Crippen molar-refractivity contribution in [2.24, 2.45) is 0 Å². The Morgan fingerprint density at radius 1 is 1.00 bits per heavy atom. The largest absolute Gasteiger partial charge is 0.266 e. The highest BCUT2D eigenvalue weighted by molar-refractivity contribution is 7.89. The predicted molar refractivity (Wildman–Crippen MR) is 89.5 cm³/mol. The quantitative estimate of drug-likeness (QED) is 0.783. The average molecular weight is 327 g/mol. The zero-order valence-corrected chi connectivity index (χ0v) is 13.5. The van der Waals surface area contributed by atoms with Crippen molar-refractivity contribution < 1.29 is 8.42 Å². The molecular formula is C17H17N3O2S. The Morgan fingerprint density at radius 2 is 1.61 bits per heavy atom. The van der Waals surface area contributed by atoms with Crippen LogP contribution < -0.4 is 4.72 Å². The van der Waals surface area contributed by atoms with Crippen molar-refractivity contribution in [2.75, 3.05) is 7.05 Å². The molecule has 1 aromatic heterocycles. The third-order valence-electron chi connectivity index (χ3n) is 3.52. The first kappa shape index (κ1) is 15.5. The van der Waals surface area contributed by atoms with Crippen molar-refractivity contribution >= 4 is 10.0 Å². The lowest BCUT2D eigenvalue weighted by molar-refractivity contribution is 0.588. The van der Waals surface area contributed by atoms with Crippen LogP contribution in [0.5, 0.6) is 0 Å². The molecule has 23 heavy (non-hydrogen) atoms. The van der Waals surface area contributed by atoms with Crippen LogP contribution in [0.3, 0.4) is 0 Å². The van der Waals surface area contributed by atoms with E-state index >= 15 is 0 Å². The number of nitrogens with zero attached hydrogens (tertiary/aromatic N) is 2. The summed E-state index contributed by atoms with van der Waals surface area (Å²) in [6.45, 7) is 0.514. The highest BCUT2D eigenvalue weighted by Gasteiger charge is 2.22. The molecule has 0 saturated heterocycles. The van der Waals surface area contributed by atoms with Gasteiger partial charge in [0.2, 0.25) is 10.0 Å². The Balaban J connectivity index is 2.07. The smallest absolute Gasteiger partial charge is 0.244 e. The van der Waals surface area contributed by atoms with Gasteiger partial charge in [-0.1, -0.05) is 60.7 Å². The minimum absolute atomic E-state index is 0.183. The molecule has 0 saturated carbocycles. The molecule has 0 fully saturated rings. The van der Waals surface area contributed by atoms with Gasteiger partial charge in [0.1, 0.15) is 10.6 Å². The molecule has 1 N–H and O–H groups in total. The molecule has 0 aliphatic heterocycles. The molecule has 1 heterocycles. The highest BCUT2D eigenvalue weighted by Crippen LogP contribution is 2.25. The topological polar surface area (TPSA) is 64.0 Å². The SMILES string of the molecule is CNS(=O)(=O)c1cn(Cc2ccccc2)nc1-c1ccccc1. The van der Waals surface area contributed by atoms with Crippen molar-refractivity contribution in [3.05, 3.63) is 72.4 Å². The molecule has 5 nitrogen and oxygen atoms in total. The van der Waals surface area contributed by atoms with Gasteiger partial charge in [0.15, 0.2) is 0 Å². The van der Waals surface area contributed by atoms with E-state index in [1.54, 1.807) is 10.9 Å². The fraction of sp³-hybridized carbons (Fsp3) is 0.118. The first-order chi connectivity index (χ1) is 11.1. The van der Waals surface area contributed by atoms with E-state index in [1.807, 2.05) is 60.7 Å². The predicted octanol–water partition coefficient (Wildman–Crippen LogP) is 2.51. The number of aromatic nitrogens is 2. The second-order valence-electron chi connectivity index (χ2n) is 5.10. The van der Waals surface area contributed by atoms with Gasteiger partial charge in [-0.05, 0) is 12.6 Å². The van der Waals surface area contributed by atoms with Gasteiger partial charge in [0.25, 0.3) is 0 Å². The number of benzene rings is 2. The summed E-state index contributed by atoms with van der Waals surface area (Å²) in [4.78, 5) is 0.183. The van der Waals surface area contributed by atoms with Gasteiger partial charge in [-0.15, -0.1) is 0 Å². The molecular weight excluding hydrogens is 310 g/mol. The first-order valence-corrected chi connectivity index (χ1v) is 8.69. The summed E-state index contributed by atoms with van der Waals surface area (Å²) in [5.74, 6) is 0. The zero-order valence-electron chi connectivity index (χ0n) is 12.7. The van der Waals surface area contributed by atoms with E-state index in [0.717, 1.165) is 11.1 Å². The highest BCUT2D eigenvalue weighted by atomic mass is 32.2. The number of rotatable bonds is 5. The van der Waals surface area contributed by atoms with E-state index < -0.39 is 10.0 Å².